The fourth-order valence-electron chi connectivity index (χ4n) is 1.78. The fraction of sp³-hybridized carbons (Fsp3) is 0.455. The van der Waals surface area contributed by atoms with Gasteiger partial charge in [-0.3, -0.25) is 5.73 Å². The lowest BCUT2D eigenvalue weighted by atomic mass is 9.95. The van der Waals surface area contributed by atoms with Gasteiger partial charge in [0.2, 0.25) is 0 Å². The van der Waals surface area contributed by atoms with Crippen molar-refractivity contribution in [3.8, 4) is 6.07 Å². The zero-order valence-electron chi connectivity index (χ0n) is 8.92. The SMILES string of the molecule is CC1(C)Cc2[nH+]c(N)c(C#N)cc2CO1. The Labute approximate surface area is 88.7 Å². The Kier molecular flexibility index (Phi) is 2.13. The molecule has 1 aliphatic heterocycles. The van der Waals surface area contributed by atoms with E-state index in [0.717, 1.165) is 17.7 Å². The zero-order valence-corrected chi connectivity index (χ0v) is 8.92. The van der Waals surface area contributed by atoms with Crippen LogP contribution in [0.5, 0.6) is 0 Å². The molecule has 0 saturated heterocycles. The lowest BCUT2D eigenvalue weighted by Gasteiger charge is -2.29. The lowest BCUT2D eigenvalue weighted by Crippen LogP contribution is -2.37. The first kappa shape index (κ1) is 9.94. The van der Waals surface area contributed by atoms with Crippen LogP contribution in [-0.2, 0) is 17.8 Å². The molecule has 0 aliphatic carbocycles. The van der Waals surface area contributed by atoms with Gasteiger partial charge in [-0.15, -0.1) is 0 Å². The highest BCUT2D eigenvalue weighted by Crippen LogP contribution is 2.26. The molecule has 78 valence electrons. The maximum absolute atomic E-state index is 8.83. The van der Waals surface area contributed by atoms with E-state index >= 15 is 0 Å². The first-order chi connectivity index (χ1) is 7.02. The molecule has 0 amide bonds. The van der Waals surface area contributed by atoms with Gasteiger partial charge < -0.3 is 4.74 Å². The summed E-state index contributed by atoms with van der Waals surface area (Å²) in [4.78, 5) is 3.08. The number of ether oxygens (including phenoxy) is 1. The van der Waals surface area contributed by atoms with Crippen molar-refractivity contribution in [3.63, 3.8) is 0 Å². The number of nitriles is 1. The van der Waals surface area contributed by atoms with E-state index in [2.05, 4.69) is 11.1 Å². The van der Waals surface area contributed by atoms with E-state index < -0.39 is 0 Å². The Balaban J connectivity index is 2.47. The van der Waals surface area contributed by atoms with Crippen LogP contribution in [-0.4, -0.2) is 5.60 Å². The molecule has 0 aromatic carbocycles. The van der Waals surface area contributed by atoms with Gasteiger partial charge in [-0.2, -0.15) is 5.26 Å². The zero-order chi connectivity index (χ0) is 11.1. The molecule has 4 heteroatoms. The number of nitrogen functional groups attached to an aromatic ring is 1. The Morgan fingerprint density at radius 2 is 2.33 bits per heavy atom. The summed E-state index contributed by atoms with van der Waals surface area (Å²) in [5.41, 5.74) is 8.15. The maximum atomic E-state index is 8.83. The van der Waals surface area contributed by atoms with Crippen LogP contribution in [0.3, 0.4) is 0 Å². The molecule has 0 fully saturated rings. The molecule has 1 aliphatic rings. The van der Waals surface area contributed by atoms with Gasteiger partial charge in [0.05, 0.1) is 12.2 Å². The number of H-pyrrole nitrogens is 1. The third-order valence-corrected chi connectivity index (χ3v) is 2.62. The summed E-state index contributed by atoms with van der Waals surface area (Å²) < 4.78 is 5.66. The van der Waals surface area contributed by atoms with Crippen LogP contribution in [0.4, 0.5) is 5.82 Å². The molecule has 0 unspecified atom stereocenters. The second kappa shape index (κ2) is 3.21. The van der Waals surface area contributed by atoms with Crippen LogP contribution in [0.1, 0.15) is 30.7 Å². The molecule has 2 heterocycles. The highest BCUT2D eigenvalue weighted by atomic mass is 16.5. The van der Waals surface area contributed by atoms with Crippen molar-refractivity contribution in [3.05, 3.63) is 22.9 Å². The van der Waals surface area contributed by atoms with Crippen LogP contribution in [0.15, 0.2) is 6.07 Å². The van der Waals surface area contributed by atoms with Crippen LogP contribution in [0.2, 0.25) is 0 Å². The molecule has 0 saturated carbocycles. The van der Waals surface area contributed by atoms with Crippen LogP contribution in [0.25, 0.3) is 0 Å². The van der Waals surface area contributed by atoms with Crippen LogP contribution < -0.4 is 10.7 Å². The number of hydrogen-bond acceptors (Lipinski definition) is 3. The number of pyridine rings is 1. The van der Waals surface area contributed by atoms with Crippen molar-refractivity contribution in [2.45, 2.75) is 32.5 Å². The molecule has 0 atom stereocenters. The third kappa shape index (κ3) is 1.79. The largest absolute Gasteiger partial charge is 0.370 e. The molecule has 0 spiro atoms. The average Bonchev–Trinajstić information content (AvgIpc) is 2.15. The first-order valence-corrected chi connectivity index (χ1v) is 4.89. The molecular formula is C11H14N3O+. The highest BCUT2D eigenvalue weighted by molar-refractivity contribution is 5.46. The number of rotatable bonds is 0. The number of aromatic nitrogens is 1. The van der Waals surface area contributed by atoms with Gasteiger partial charge in [-0.05, 0) is 19.9 Å². The summed E-state index contributed by atoms with van der Waals surface area (Å²) >= 11 is 0. The molecule has 3 N–H and O–H groups in total. The van der Waals surface area contributed by atoms with Gasteiger partial charge >= 0.3 is 0 Å². The van der Waals surface area contributed by atoms with Gasteiger partial charge in [0.15, 0.2) is 0 Å². The minimum absolute atomic E-state index is 0.163. The van der Waals surface area contributed by atoms with E-state index in [4.69, 9.17) is 15.7 Å². The van der Waals surface area contributed by atoms with E-state index in [-0.39, 0.29) is 5.60 Å². The number of hydrogen-bond donors (Lipinski definition) is 1. The molecule has 1 aromatic heterocycles. The minimum atomic E-state index is -0.163. The van der Waals surface area contributed by atoms with Gasteiger partial charge in [0.25, 0.3) is 5.82 Å². The second-order valence-electron chi connectivity index (χ2n) is 4.44. The van der Waals surface area contributed by atoms with Gasteiger partial charge in [-0.25, -0.2) is 4.98 Å². The number of nitrogens with zero attached hydrogens (tertiary/aromatic N) is 1. The molecular weight excluding hydrogens is 190 g/mol. The molecule has 0 bridgehead atoms. The Hall–Kier alpha value is -1.60. The summed E-state index contributed by atoms with van der Waals surface area (Å²) in [6, 6.07) is 3.86. The molecule has 2 rings (SSSR count). The van der Waals surface area contributed by atoms with Crippen molar-refractivity contribution < 1.29 is 9.72 Å². The molecule has 15 heavy (non-hydrogen) atoms. The lowest BCUT2D eigenvalue weighted by molar-refractivity contribution is -0.380. The van der Waals surface area contributed by atoms with Gasteiger partial charge in [-0.1, -0.05) is 0 Å². The molecule has 4 nitrogen and oxygen atoms in total. The van der Waals surface area contributed by atoms with E-state index in [0.29, 0.717) is 18.0 Å². The summed E-state index contributed by atoms with van der Waals surface area (Å²) in [5, 5.41) is 8.83. The van der Waals surface area contributed by atoms with E-state index in [1.165, 1.54) is 0 Å². The summed E-state index contributed by atoms with van der Waals surface area (Å²) in [6.07, 6.45) is 0.790. The summed E-state index contributed by atoms with van der Waals surface area (Å²) in [6.45, 7) is 4.62. The van der Waals surface area contributed by atoms with Crippen molar-refractivity contribution in [2.75, 3.05) is 5.73 Å². The highest BCUT2D eigenvalue weighted by Gasteiger charge is 2.29. The summed E-state index contributed by atoms with van der Waals surface area (Å²) in [5.74, 6) is 0.439. The Morgan fingerprint density at radius 3 is 3.00 bits per heavy atom. The van der Waals surface area contributed by atoms with Crippen molar-refractivity contribution in [2.24, 2.45) is 0 Å². The molecule has 1 aromatic rings. The maximum Gasteiger partial charge on any atom is 0.288 e. The Bertz CT molecular complexity index is 446. The van der Waals surface area contributed by atoms with Crippen molar-refractivity contribution in [1.82, 2.24) is 0 Å². The second-order valence-corrected chi connectivity index (χ2v) is 4.44. The van der Waals surface area contributed by atoms with Gasteiger partial charge in [0.1, 0.15) is 17.3 Å². The topological polar surface area (TPSA) is 73.2 Å². The van der Waals surface area contributed by atoms with E-state index in [1.807, 2.05) is 13.8 Å². The minimum Gasteiger partial charge on any atom is -0.370 e. The monoisotopic (exact) mass is 204 g/mol. The smallest absolute Gasteiger partial charge is 0.288 e. The first-order valence-electron chi connectivity index (χ1n) is 4.89. The number of fused-ring (bicyclic) bond motifs is 1. The van der Waals surface area contributed by atoms with E-state index in [9.17, 15) is 0 Å². The van der Waals surface area contributed by atoms with Crippen LogP contribution in [0, 0.1) is 11.3 Å². The predicted octanol–water partition coefficient (Wildman–Crippen LogP) is 0.806. The summed E-state index contributed by atoms with van der Waals surface area (Å²) in [7, 11) is 0. The molecule has 0 radical (unpaired) electrons. The standard InChI is InChI=1S/C11H13N3O/c1-11(2)4-9-8(6-15-11)3-7(5-12)10(13)14-9/h3H,4,6H2,1-2H3,(H2,13,14)/p+1. The number of nitrogens with two attached hydrogens (primary N) is 1. The number of aromatic amines is 1. The Morgan fingerprint density at radius 1 is 1.60 bits per heavy atom. The predicted molar refractivity (Wildman–Crippen MR) is 54.7 cm³/mol. The quantitative estimate of drug-likeness (QED) is 0.679. The third-order valence-electron chi connectivity index (χ3n) is 2.62. The average molecular weight is 204 g/mol. The normalized spacial score (nSPS) is 17.9. The van der Waals surface area contributed by atoms with Crippen molar-refractivity contribution >= 4 is 5.82 Å². The van der Waals surface area contributed by atoms with Gasteiger partial charge in [0, 0.05) is 12.0 Å². The van der Waals surface area contributed by atoms with E-state index in [1.54, 1.807) is 6.07 Å². The van der Waals surface area contributed by atoms with Crippen molar-refractivity contribution in [1.29, 1.82) is 5.26 Å². The number of anilines is 1. The fourth-order valence-corrected chi connectivity index (χ4v) is 1.78. The number of nitrogens with one attached hydrogen (secondary N) is 1. The van der Waals surface area contributed by atoms with Crippen LogP contribution >= 0.6 is 0 Å².